The smallest absolute Gasteiger partial charge is 0.159 e. The van der Waals surface area contributed by atoms with Crippen molar-refractivity contribution in [1.82, 2.24) is 9.97 Å². The number of unbranched alkanes of at least 4 members (excludes halogenated alkanes) is 6. The molecule has 3 rings (SSSR count). The van der Waals surface area contributed by atoms with Crippen molar-refractivity contribution in [1.29, 1.82) is 0 Å². The highest BCUT2D eigenvalue weighted by molar-refractivity contribution is 6.76. The third-order valence-corrected chi connectivity index (χ3v) is 8.45. The van der Waals surface area contributed by atoms with E-state index in [1.54, 1.807) is 0 Å². The van der Waals surface area contributed by atoms with Crippen molar-refractivity contribution in [3.63, 3.8) is 0 Å². The van der Waals surface area contributed by atoms with E-state index in [-0.39, 0.29) is 0 Å². The topological polar surface area (TPSA) is 25.8 Å². The van der Waals surface area contributed by atoms with Crippen LogP contribution in [0.3, 0.4) is 0 Å². The van der Waals surface area contributed by atoms with Crippen molar-refractivity contribution in [3.8, 4) is 22.5 Å². The first-order valence-corrected chi connectivity index (χ1v) is 17.2. The highest BCUT2D eigenvalue weighted by Crippen LogP contribution is 2.24. The number of aromatic nitrogens is 2. The molecule has 2 nitrogen and oxygen atoms in total. The average molecular weight is 473 g/mol. The van der Waals surface area contributed by atoms with Crippen molar-refractivity contribution in [2.75, 3.05) is 0 Å². The zero-order valence-electron chi connectivity index (χ0n) is 21.9. The number of rotatable bonds is 14. The number of aryl methyl sites for hydroxylation is 2. The molecule has 0 aliphatic carbocycles. The summed E-state index contributed by atoms with van der Waals surface area (Å²) in [6, 6.07) is 19.2. The SMILES string of the molecule is CCCCCCc1ccc(-c2ccc(-c3ncc(CCCCCC[Si](C)(C)C)cn3)cc2)cc1. The summed E-state index contributed by atoms with van der Waals surface area (Å²) in [5, 5.41) is 0. The predicted octanol–water partition coefficient (Wildman–Crippen LogP) is 9.37. The number of nitrogens with zero attached hydrogens (tertiary/aromatic N) is 2. The fourth-order valence-electron chi connectivity index (χ4n) is 4.40. The van der Waals surface area contributed by atoms with Gasteiger partial charge in [0, 0.05) is 26.0 Å². The molecule has 0 atom stereocenters. The van der Waals surface area contributed by atoms with E-state index in [2.05, 4.69) is 85.1 Å². The fraction of sp³-hybridized carbons (Fsp3) is 0.484. The van der Waals surface area contributed by atoms with Gasteiger partial charge in [-0.25, -0.2) is 9.97 Å². The zero-order valence-corrected chi connectivity index (χ0v) is 22.9. The molecule has 0 fully saturated rings. The van der Waals surface area contributed by atoms with Crippen LogP contribution in [0.1, 0.15) is 69.4 Å². The van der Waals surface area contributed by atoms with Gasteiger partial charge in [-0.05, 0) is 47.9 Å². The van der Waals surface area contributed by atoms with Crippen molar-refractivity contribution < 1.29 is 0 Å². The molecule has 0 aliphatic rings. The Morgan fingerprint density at radius 1 is 0.559 bits per heavy atom. The van der Waals surface area contributed by atoms with E-state index in [0.717, 1.165) is 17.8 Å². The van der Waals surface area contributed by atoms with Gasteiger partial charge in [0.15, 0.2) is 5.82 Å². The lowest BCUT2D eigenvalue weighted by Crippen LogP contribution is -2.18. The lowest BCUT2D eigenvalue weighted by atomic mass is 10.00. The summed E-state index contributed by atoms with van der Waals surface area (Å²) in [5.74, 6) is 0.813. The molecule has 1 heterocycles. The summed E-state index contributed by atoms with van der Waals surface area (Å²) in [5.41, 5.74) is 6.28. The van der Waals surface area contributed by atoms with Crippen LogP contribution in [-0.2, 0) is 12.8 Å². The highest BCUT2D eigenvalue weighted by atomic mass is 28.3. The second-order valence-corrected chi connectivity index (χ2v) is 16.6. The zero-order chi connectivity index (χ0) is 24.2. The van der Waals surface area contributed by atoms with E-state index in [1.807, 2.05) is 12.4 Å². The van der Waals surface area contributed by atoms with Crippen LogP contribution in [0.2, 0.25) is 25.7 Å². The van der Waals surface area contributed by atoms with Crippen LogP contribution in [-0.4, -0.2) is 18.0 Å². The van der Waals surface area contributed by atoms with Gasteiger partial charge >= 0.3 is 0 Å². The van der Waals surface area contributed by atoms with Gasteiger partial charge in [0.2, 0.25) is 0 Å². The molecule has 0 saturated heterocycles. The minimum atomic E-state index is -0.873. The van der Waals surface area contributed by atoms with Crippen LogP contribution in [0.5, 0.6) is 0 Å². The minimum Gasteiger partial charge on any atom is -0.236 e. The Labute approximate surface area is 209 Å². The van der Waals surface area contributed by atoms with Crippen molar-refractivity contribution >= 4 is 8.07 Å². The molecule has 182 valence electrons. The minimum absolute atomic E-state index is 0.813. The Bertz CT molecular complexity index is 954. The van der Waals surface area contributed by atoms with Crippen LogP contribution >= 0.6 is 0 Å². The van der Waals surface area contributed by atoms with Crippen LogP contribution in [0.15, 0.2) is 60.9 Å². The van der Waals surface area contributed by atoms with Gasteiger partial charge in [0.25, 0.3) is 0 Å². The van der Waals surface area contributed by atoms with E-state index in [9.17, 15) is 0 Å². The fourth-order valence-corrected chi connectivity index (χ4v) is 5.71. The predicted molar refractivity (Wildman–Crippen MR) is 151 cm³/mol. The largest absolute Gasteiger partial charge is 0.236 e. The lowest BCUT2D eigenvalue weighted by Gasteiger charge is -2.14. The van der Waals surface area contributed by atoms with Gasteiger partial charge in [0.05, 0.1) is 0 Å². The van der Waals surface area contributed by atoms with E-state index in [0.29, 0.717) is 0 Å². The molecule has 0 spiro atoms. The van der Waals surface area contributed by atoms with Gasteiger partial charge in [0.1, 0.15) is 0 Å². The maximum atomic E-state index is 4.65. The van der Waals surface area contributed by atoms with Crippen LogP contribution in [0.4, 0.5) is 0 Å². The molecule has 0 N–H and O–H groups in total. The third kappa shape index (κ3) is 9.17. The first-order chi connectivity index (χ1) is 16.4. The first-order valence-electron chi connectivity index (χ1n) is 13.5. The van der Waals surface area contributed by atoms with Crippen LogP contribution < -0.4 is 0 Å². The van der Waals surface area contributed by atoms with E-state index in [1.165, 1.54) is 86.1 Å². The summed E-state index contributed by atoms with van der Waals surface area (Å²) in [6.07, 6.45) is 16.9. The molecule has 3 aromatic rings. The molecule has 1 aromatic heterocycles. The summed E-state index contributed by atoms with van der Waals surface area (Å²) in [4.78, 5) is 9.29. The second kappa shape index (κ2) is 13.6. The molecule has 3 heteroatoms. The molecule has 0 radical (unpaired) electrons. The third-order valence-electron chi connectivity index (χ3n) is 6.60. The Morgan fingerprint density at radius 3 is 1.65 bits per heavy atom. The molecular weight excluding hydrogens is 428 g/mol. The monoisotopic (exact) mass is 472 g/mol. The highest BCUT2D eigenvalue weighted by Gasteiger charge is 2.11. The molecule has 0 bridgehead atoms. The van der Waals surface area contributed by atoms with E-state index in [4.69, 9.17) is 0 Å². The van der Waals surface area contributed by atoms with Gasteiger partial charge in [-0.3, -0.25) is 0 Å². The first kappa shape index (κ1) is 26.3. The van der Waals surface area contributed by atoms with E-state index < -0.39 is 8.07 Å². The maximum Gasteiger partial charge on any atom is 0.159 e. The normalized spacial score (nSPS) is 11.6. The summed E-state index contributed by atoms with van der Waals surface area (Å²) in [7, 11) is -0.873. The van der Waals surface area contributed by atoms with Crippen molar-refractivity contribution in [3.05, 3.63) is 72.1 Å². The molecule has 0 unspecified atom stereocenters. The Balaban J connectivity index is 1.47. The lowest BCUT2D eigenvalue weighted by molar-refractivity contribution is 0.661. The van der Waals surface area contributed by atoms with Crippen molar-refractivity contribution in [2.45, 2.75) is 96.8 Å². The molecular formula is C31H44N2Si. The summed E-state index contributed by atoms with van der Waals surface area (Å²) >= 11 is 0. The van der Waals surface area contributed by atoms with E-state index >= 15 is 0 Å². The van der Waals surface area contributed by atoms with Crippen LogP contribution in [0.25, 0.3) is 22.5 Å². The van der Waals surface area contributed by atoms with Crippen molar-refractivity contribution in [2.24, 2.45) is 0 Å². The second-order valence-electron chi connectivity index (χ2n) is 11.0. The van der Waals surface area contributed by atoms with Gasteiger partial charge in [-0.2, -0.15) is 0 Å². The number of benzene rings is 2. The molecule has 0 saturated carbocycles. The number of hydrogen-bond donors (Lipinski definition) is 0. The summed E-state index contributed by atoms with van der Waals surface area (Å²) < 4.78 is 0. The molecule has 2 aromatic carbocycles. The van der Waals surface area contributed by atoms with Crippen LogP contribution in [0, 0.1) is 0 Å². The van der Waals surface area contributed by atoms with Gasteiger partial charge < -0.3 is 0 Å². The standard InChI is InChI=1S/C31H44N2Si/c1-5-6-7-10-13-26-15-17-28(18-16-26)29-19-21-30(22-20-29)31-32-24-27(25-33-31)14-11-8-9-12-23-34(2,3)4/h15-22,24-25H,5-14,23H2,1-4H3. The van der Waals surface area contributed by atoms with Gasteiger partial charge in [-0.15, -0.1) is 0 Å². The maximum absolute atomic E-state index is 4.65. The Morgan fingerprint density at radius 2 is 1.06 bits per heavy atom. The Hall–Kier alpha value is -2.26. The summed E-state index contributed by atoms with van der Waals surface area (Å²) in [6.45, 7) is 9.66. The van der Waals surface area contributed by atoms with Gasteiger partial charge in [-0.1, -0.05) is 120 Å². The Kier molecular flexibility index (Phi) is 10.5. The quantitative estimate of drug-likeness (QED) is 0.172. The molecule has 34 heavy (non-hydrogen) atoms. The number of hydrogen-bond acceptors (Lipinski definition) is 2. The molecule has 0 amide bonds. The average Bonchev–Trinajstić information content (AvgIpc) is 2.84. The molecule has 0 aliphatic heterocycles.